The van der Waals surface area contributed by atoms with Crippen LogP contribution in [0.1, 0.15) is 25.3 Å². The molecule has 0 radical (unpaired) electrons. The van der Waals surface area contributed by atoms with E-state index in [1.165, 1.54) is 0 Å². The monoisotopic (exact) mass is 316 g/mol. The lowest BCUT2D eigenvalue weighted by molar-refractivity contribution is -0.129. The zero-order valence-electron chi connectivity index (χ0n) is 13.7. The van der Waals surface area contributed by atoms with Crippen molar-refractivity contribution in [3.8, 4) is 11.5 Å². The number of ether oxygens (including phenoxy) is 2. The van der Waals surface area contributed by atoms with Crippen molar-refractivity contribution in [2.45, 2.75) is 25.8 Å². The molecule has 1 aromatic carbocycles. The standard InChI is InChI=1S/C18H24N2O3/c1-12(19)13-4-3-7-20(10-13)18(21)15-8-14-9-16(22-2)5-6-17(14)23-11-15/h5-6,8-9,12-13H,3-4,7,10-11,19H2,1-2H3. The van der Waals surface area contributed by atoms with Gasteiger partial charge in [0, 0.05) is 24.7 Å². The van der Waals surface area contributed by atoms with Crippen LogP contribution in [0.2, 0.25) is 0 Å². The minimum absolute atomic E-state index is 0.0591. The maximum absolute atomic E-state index is 12.8. The third-order valence-corrected chi connectivity index (χ3v) is 4.69. The molecule has 5 heteroatoms. The van der Waals surface area contributed by atoms with Crippen molar-refractivity contribution in [1.29, 1.82) is 0 Å². The first kappa shape index (κ1) is 15.9. The van der Waals surface area contributed by atoms with Gasteiger partial charge in [-0.25, -0.2) is 0 Å². The Morgan fingerprint density at radius 2 is 2.30 bits per heavy atom. The Hall–Kier alpha value is -2.01. The van der Waals surface area contributed by atoms with Gasteiger partial charge in [0.15, 0.2) is 0 Å². The van der Waals surface area contributed by atoms with E-state index in [9.17, 15) is 4.79 Å². The molecule has 23 heavy (non-hydrogen) atoms. The molecule has 2 aliphatic rings. The van der Waals surface area contributed by atoms with Crippen LogP contribution in [0.15, 0.2) is 23.8 Å². The highest BCUT2D eigenvalue weighted by atomic mass is 16.5. The van der Waals surface area contributed by atoms with Crippen molar-refractivity contribution in [2.24, 2.45) is 11.7 Å². The molecule has 1 amide bonds. The number of piperidine rings is 1. The van der Waals surface area contributed by atoms with E-state index in [2.05, 4.69) is 0 Å². The van der Waals surface area contributed by atoms with Gasteiger partial charge < -0.3 is 20.1 Å². The van der Waals surface area contributed by atoms with E-state index in [-0.39, 0.29) is 11.9 Å². The number of likely N-dealkylation sites (tertiary alicyclic amines) is 1. The zero-order chi connectivity index (χ0) is 16.4. The van der Waals surface area contributed by atoms with Crippen molar-refractivity contribution in [2.75, 3.05) is 26.8 Å². The number of hydrogen-bond acceptors (Lipinski definition) is 4. The molecule has 1 saturated heterocycles. The third kappa shape index (κ3) is 3.34. The van der Waals surface area contributed by atoms with Crippen LogP contribution in [0, 0.1) is 5.92 Å². The minimum atomic E-state index is 0.0591. The van der Waals surface area contributed by atoms with Crippen LogP contribution in [0.5, 0.6) is 11.5 Å². The molecule has 2 unspecified atom stereocenters. The quantitative estimate of drug-likeness (QED) is 0.927. The molecule has 2 aliphatic heterocycles. The summed E-state index contributed by atoms with van der Waals surface area (Å²) < 4.78 is 11.0. The molecule has 2 heterocycles. The van der Waals surface area contributed by atoms with Crippen molar-refractivity contribution in [3.05, 3.63) is 29.3 Å². The van der Waals surface area contributed by atoms with Gasteiger partial charge in [0.1, 0.15) is 18.1 Å². The highest BCUT2D eigenvalue weighted by Crippen LogP contribution is 2.31. The van der Waals surface area contributed by atoms with E-state index in [1.54, 1.807) is 7.11 Å². The van der Waals surface area contributed by atoms with Gasteiger partial charge >= 0.3 is 0 Å². The number of amides is 1. The Morgan fingerprint density at radius 1 is 1.48 bits per heavy atom. The Kier molecular flexibility index (Phi) is 4.57. The predicted molar refractivity (Wildman–Crippen MR) is 89.4 cm³/mol. The maximum atomic E-state index is 12.8. The van der Waals surface area contributed by atoms with Gasteiger partial charge in [-0.05, 0) is 50.0 Å². The van der Waals surface area contributed by atoms with Gasteiger partial charge in [-0.2, -0.15) is 0 Å². The molecular weight excluding hydrogens is 292 g/mol. The van der Waals surface area contributed by atoms with Crippen LogP contribution in [0.4, 0.5) is 0 Å². The van der Waals surface area contributed by atoms with E-state index in [1.807, 2.05) is 36.1 Å². The molecule has 0 aromatic heterocycles. The number of methoxy groups -OCH3 is 1. The van der Waals surface area contributed by atoms with Crippen LogP contribution < -0.4 is 15.2 Å². The van der Waals surface area contributed by atoms with E-state index in [4.69, 9.17) is 15.2 Å². The highest BCUT2D eigenvalue weighted by Gasteiger charge is 2.28. The van der Waals surface area contributed by atoms with E-state index in [0.717, 1.165) is 43.0 Å². The number of rotatable bonds is 3. The molecule has 2 atom stereocenters. The summed E-state index contributed by atoms with van der Waals surface area (Å²) in [5.74, 6) is 1.98. The predicted octanol–water partition coefficient (Wildman–Crippen LogP) is 2.06. The van der Waals surface area contributed by atoms with Gasteiger partial charge in [0.25, 0.3) is 5.91 Å². The Bertz CT molecular complexity index is 625. The Balaban J connectivity index is 1.78. The summed E-state index contributed by atoms with van der Waals surface area (Å²) in [6.07, 6.45) is 4.02. The highest BCUT2D eigenvalue weighted by molar-refractivity contribution is 5.99. The van der Waals surface area contributed by atoms with Gasteiger partial charge in [-0.3, -0.25) is 4.79 Å². The summed E-state index contributed by atoms with van der Waals surface area (Å²) in [4.78, 5) is 14.7. The normalized spacial score (nSPS) is 21.8. The van der Waals surface area contributed by atoms with E-state index in [0.29, 0.717) is 18.1 Å². The lowest BCUT2D eigenvalue weighted by Crippen LogP contribution is -2.46. The first-order valence-corrected chi connectivity index (χ1v) is 8.14. The van der Waals surface area contributed by atoms with Gasteiger partial charge in [0.2, 0.25) is 0 Å². The summed E-state index contributed by atoms with van der Waals surface area (Å²) in [6.45, 7) is 3.87. The molecule has 1 fully saturated rings. The summed E-state index contributed by atoms with van der Waals surface area (Å²) >= 11 is 0. The van der Waals surface area contributed by atoms with Crippen LogP contribution >= 0.6 is 0 Å². The largest absolute Gasteiger partial charge is 0.497 e. The van der Waals surface area contributed by atoms with E-state index < -0.39 is 0 Å². The summed E-state index contributed by atoms with van der Waals surface area (Å²) in [5.41, 5.74) is 7.59. The second-order valence-corrected chi connectivity index (χ2v) is 6.37. The van der Waals surface area contributed by atoms with Crippen molar-refractivity contribution < 1.29 is 14.3 Å². The number of benzene rings is 1. The van der Waals surface area contributed by atoms with Crippen LogP contribution in [0.3, 0.4) is 0 Å². The van der Waals surface area contributed by atoms with Gasteiger partial charge in [0.05, 0.1) is 12.7 Å². The SMILES string of the molecule is COc1ccc2c(c1)C=C(C(=O)N1CCCC(C(C)N)C1)CO2. The number of fused-ring (bicyclic) bond motifs is 1. The number of carbonyl (C=O) groups excluding carboxylic acids is 1. The average Bonchev–Trinajstić information content (AvgIpc) is 2.60. The van der Waals surface area contributed by atoms with Crippen molar-refractivity contribution in [1.82, 2.24) is 4.90 Å². The number of carbonyl (C=O) groups is 1. The molecule has 0 bridgehead atoms. The summed E-state index contributed by atoms with van der Waals surface area (Å²) in [7, 11) is 1.63. The lowest BCUT2D eigenvalue weighted by Gasteiger charge is -2.35. The first-order valence-electron chi connectivity index (χ1n) is 8.14. The Morgan fingerprint density at radius 3 is 3.04 bits per heavy atom. The topological polar surface area (TPSA) is 64.8 Å². The Labute approximate surface area is 137 Å². The second kappa shape index (κ2) is 6.62. The van der Waals surface area contributed by atoms with Crippen LogP contribution in [0.25, 0.3) is 6.08 Å². The van der Waals surface area contributed by atoms with Gasteiger partial charge in [-0.1, -0.05) is 0 Å². The zero-order valence-corrected chi connectivity index (χ0v) is 13.7. The molecule has 0 saturated carbocycles. The first-order chi connectivity index (χ1) is 11.1. The van der Waals surface area contributed by atoms with Crippen molar-refractivity contribution in [3.63, 3.8) is 0 Å². The minimum Gasteiger partial charge on any atom is -0.497 e. The number of nitrogens with two attached hydrogens (primary N) is 1. The maximum Gasteiger partial charge on any atom is 0.253 e. The van der Waals surface area contributed by atoms with Gasteiger partial charge in [-0.15, -0.1) is 0 Å². The van der Waals surface area contributed by atoms with Crippen LogP contribution in [-0.4, -0.2) is 43.7 Å². The molecule has 2 N–H and O–H groups in total. The smallest absolute Gasteiger partial charge is 0.253 e. The molecule has 1 aromatic rings. The summed E-state index contributed by atoms with van der Waals surface area (Å²) in [6, 6.07) is 5.74. The molecule has 5 nitrogen and oxygen atoms in total. The third-order valence-electron chi connectivity index (χ3n) is 4.69. The fourth-order valence-corrected chi connectivity index (χ4v) is 3.23. The fraction of sp³-hybridized carbons (Fsp3) is 0.500. The summed E-state index contributed by atoms with van der Waals surface area (Å²) in [5, 5.41) is 0. The lowest BCUT2D eigenvalue weighted by atomic mass is 9.91. The molecule has 124 valence electrons. The van der Waals surface area contributed by atoms with E-state index >= 15 is 0 Å². The average molecular weight is 316 g/mol. The second-order valence-electron chi connectivity index (χ2n) is 6.37. The molecule has 0 spiro atoms. The molecular formula is C18H24N2O3. The number of nitrogens with zero attached hydrogens (tertiary/aromatic N) is 1. The van der Waals surface area contributed by atoms with Crippen molar-refractivity contribution >= 4 is 12.0 Å². The molecule has 3 rings (SSSR count). The number of hydrogen-bond donors (Lipinski definition) is 1. The van der Waals surface area contributed by atoms with Crippen LogP contribution in [-0.2, 0) is 4.79 Å². The fourth-order valence-electron chi connectivity index (χ4n) is 3.23. The molecule has 0 aliphatic carbocycles.